The van der Waals surface area contributed by atoms with Gasteiger partial charge in [-0.3, -0.25) is 4.79 Å². The van der Waals surface area contributed by atoms with Gasteiger partial charge in [-0.1, -0.05) is 73.2 Å². The molecule has 0 spiro atoms. The van der Waals surface area contributed by atoms with Crippen LogP contribution in [0.5, 0.6) is 0 Å². The molecule has 10 nitrogen and oxygen atoms in total. The van der Waals surface area contributed by atoms with Crippen LogP contribution in [0.15, 0.2) is 54.1 Å². The monoisotopic (exact) mass is 728 g/mol. The molecule has 2 aliphatic carbocycles. The van der Waals surface area contributed by atoms with Crippen molar-refractivity contribution >= 4 is 20.3 Å². The van der Waals surface area contributed by atoms with Crippen LogP contribution >= 0.6 is 0 Å². The SMILES string of the molecule is C=CC1OC2C(=C(C)C(O)CCO)C(C)(C)CC(OC(=O)c3ccccc3)C3C4(OC(=O)CC)COC4CC(O[Si](CC)(CC)CC)[C@@]3(C)C2O1. The van der Waals surface area contributed by atoms with Gasteiger partial charge < -0.3 is 38.3 Å². The van der Waals surface area contributed by atoms with Gasteiger partial charge in [0, 0.05) is 31.3 Å². The second-order valence-corrected chi connectivity index (χ2v) is 20.5. The quantitative estimate of drug-likeness (QED) is 0.132. The van der Waals surface area contributed by atoms with Gasteiger partial charge in [0.1, 0.15) is 18.3 Å². The third kappa shape index (κ3) is 7.04. The maximum absolute atomic E-state index is 14.1. The fraction of sp³-hybridized carbons (Fsp3) is 0.700. The van der Waals surface area contributed by atoms with Crippen molar-refractivity contribution in [3.63, 3.8) is 0 Å². The number of aliphatic hydroxyl groups is 2. The summed E-state index contributed by atoms with van der Waals surface area (Å²) >= 11 is 0. The summed E-state index contributed by atoms with van der Waals surface area (Å²) in [5, 5.41) is 21.3. The Morgan fingerprint density at radius 3 is 2.29 bits per heavy atom. The van der Waals surface area contributed by atoms with Crippen molar-refractivity contribution in [2.75, 3.05) is 13.2 Å². The van der Waals surface area contributed by atoms with E-state index >= 15 is 0 Å². The summed E-state index contributed by atoms with van der Waals surface area (Å²) in [7, 11) is -2.29. The second kappa shape index (κ2) is 15.5. The number of carbonyl (C=O) groups excluding carboxylic acids is 2. The van der Waals surface area contributed by atoms with Gasteiger partial charge in [-0.2, -0.15) is 0 Å². The van der Waals surface area contributed by atoms with Gasteiger partial charge in [-0.15, -0.1) is 0 Å². The van der Waals surface area contributed by atoms with Crippen LogP contribution in [0, 0.1) is 16.7 Å². The maximum Gasteiger partial charge on any atom is 0.338 e. The number of aliphatic hydroxyl groups excluding tert-OH is 2. The van der Waals surface area contributed by atoms with Crippen LogP contribution in [-0.2, 0) is 32.9 Å². The Hall–Kier alpha value is -2.38. The Morgan fingerprint density at radius 1 is 1.08 bits per heavy atom. The summed E-state index contributed by atoms with van der Waals surface area (Å²) in [5.41, 5.74) is -0.898. The number of hydrogen-bond acceptors (Lipinski definition) is 10. The highest BCUT2D eigenvalue weighted by Crippen LogP contribution is 2.64. The average Bonchev–Trinajstić information content (AvgIpc) is 3.54. The van der Waals surface area contributed by atoms with Gasteiger partial charge in [0.15, 0.2) is 20.2 Å². The average molecular weight is 729 g/mol. The van der Waals surface area contributed by atoms with Crippen LogP contribution in [0.25, 0.3) is 0 Å². The number of ether oxygens (including phenoxy) is 5. The number of carbonyl (C=O) groups is 2. The molecule has 284 valence electrons. The second-order valence-electron chi connectivity index (χ2n) is 15.8. The van der Waals surface area contributed by atoms with Crippen molar-refractivity contribution in [3.05, 3.63) is 59.7 Å². The summed E-state index contributed by atoms with van der Waals surface area (Å²) in [6.45, 7) is 20.5. The topological polar surface area (TPSA) is 130 Å². The van der Waals surface area contributed by atoms with Crippen molar-refractivity contribution in [1.29, 1.82) is 0 Å². The molecule has 5 rings (SSSR count). The summed E-state index contributed by atoms with van der Waals surface area (Å²) in [4.78, 5) is 27.5. The summed E-state index contributed by atoms with van der Waals surface area (Å²) in [6, 6.07) is 11.6. The summed E-state index contributed by atoms with van der Waals surface area (Å²) in [6.07, 6.45) is -2.04. The molecule has 4 aliphatic rings. The molecule has 0 amide bonds. The first kappa shape index (κ1) is 39.8. The third-order valence-corrected chi connectivity index (χ3v) is 17.3. The number of benzene rings is 1. The number of esters is 2. The van der Waals surface area contributed by atoms with Crippen molar-refractivity contribution in [2.45, 2.75) is 148 Å². The number of hydrogen-bond donors (Lipinski definition) is 2. The van der Waals surface area contributed by atoms with Gasteiger partial charge in [-0.05, 0) is 66.2 Å². The Kier molecular flexibility index (Phi) is 12.1. The molecule has 0 radical (unpaired) electrons. The third-order valence-electron chi connectivity index (χ3n) is 12.6. The van der Waals surface area contributed by atoms with E-state index in [1.54, 1.807) is 37.3 Å². The van der Waals surface area contributed by atoms with Crippen molar-refractivity contribution in [3.8, 4) is 0 Å². The molecule has 0 aromatic heterocycles. The van der Waals surface area contributed by atoms with E-state index < -0.39 is 79.5 Å². The van der Waals surface area contributed by atoms with Crippen molar-refractivity contribution in [1.82, 2.24) is 0 Å². The molecule has 4 fully saturated rings. The highest BCUT2D eigenvalue weighted by molar-refractivity contribution is 6.73. The fourth-order valence-corrected chi connectivity index (χ4v) is 12.6. The van der Waals surface area contributed by atoms with Gasteiger partial charge >= 0.3 is 11.9 Å². The molecule has 0 bridgehead atoms. The lowest BCUT2D eigenvalue weighted by Crippen LogP contribution is -2.79. The smallest absolute Gasteiger partial charge is 0.338 e. The molecular formula is C40H60O10Si. The molecule has 10 atom stereocenters. The Labute approximate surface area is 305 Å². The van der Waals surface area contributed by atoms with Crippen LogP contribution in [-0.4, -0.2) is 92.2 Å². The van der Waals surface area contributed by atoms with E-state index in [0.29, 0.717) is 24.0 Å². The highest BCUT2D eigenvalue weighted by Gasteiger charge is 2.75. The van der Waals surface area contributed by atoms with E-state index in [0.717, 1.165) is 23.7 Å². The van der Waals surface area contributed by atoms with Crippen LogP contribution in [0.2, 0.25) is 18.1 Å². The molecule has 2 N–H and O–H groups in total. The zero-order valence-electron chi connectivity index (χ0n) is 31.8. The predicted molar refractivity (Wildman–Crippen MR) is 195 cm³/mol. The molecular weight excluding hydrogens is 669 g/mol. The lowest BCUT2D eigenvalue weighted by molar-refractivity contribution is -0.346. The van der Waals surface area contributed by atoms with E-state index in [9.17, 15) is 19.8 Å². The lowest BCUT2D eigenvalue weighted by atomic mass is 9.48. The van der Waals surface area contributed by atoms with E-state index in [2.05, 4.69) is 48.1 Å². The molecule has 51 heavy (non-hydrogen) atoms. The first-order valence-corrected chi connectivity index (χ1v) is 21.4. The molecule has 2 heterocycles. The fourth-order valence-electron chi connectivity index (χ4n) is 9.64. The Bertz CT molecular complexity index is 1430. The van der Waals surface area contributed by atoms with Gasteiger partial charge in [0.25, 0.3) is 0 Å². The lowest BCUT2D eigenvalue weighted by Gasteiger charge is -2.67. The molecule has 1 aromatic rings. The largest absolute Gasteiger partial charge is 0.458 e. The molecule has 11 heteroatoms. The minimum Gasteiger partial charge on any atom is -0.458 e. The highest BCUT2D eigenvalue weighted by atomic mass is 28.4. The molecule has 2 saturated heterocycles. The maximum atomic E-state index is 14.1. The van der Waals surface area contributed by atoms with E-state index in [-0.39, 0.29) is 32.0 Å². The predicted octanol–water partition coefficient (Wildman–Crippen LogP) is 6.51. The van der Waals surface area contributed by atoms with Crippen LogP contribution in [0.3, 0.4) is 0 Å². The van der Waals surface area contributed by atoms with Crippen LogP contribution in [0.1, 0.15) is 91.4 Å². The zero-order valence-corrected chi connectivity index (χ0v) is 32.8. The van der Waals surface area contributed by atoms with Gasteiger partial charge in [0.2, 0.25) is 0 Å². The minimum absolute atomic E-state index is 0.147. The standard InChI is InChI=1S/C40H60O10Si/c1-10-31(43)49-40-24-45-30(40)22-29(50-51(12-3,13-4)14-5)39(9)35(40)28(46-37(44)26-18-16-15-17-19-26)23-38(7,8)33(25(6)27(42)20-21-41)34-36(39)48-32(11-2)47-34/h11,15-19,27-30,32,34-36,41-42H,2,10,12-14,20-24H2,1,3-9H3/t27?,28?,29?,30?,32?,34?,35?,36?,39-,40?/m1/s1. The van der Waals surface area contributed by atoms with Gasteiger partial charge in [0.05, 0.1) is 36.4 Å². The summed E-state index contributed by atoms with van der Waals surface area (Å²) in [5.74, 6) is -1.46. The van der Waals surface area contributed by atoms with E-state index in [4.69, 9.17) is 28.1 Å². The molecule has 2 saturated carbocycles. The van der Waals surface area contributed by atoms with E-state index in [1.807, 2.05) is 13.0 Å². The summed E-state index contributed by atoms with van der Waals surface area (Å²) < 4.78 is 40.7. The van der Waals surface area contributed by atoms with Crippen LogP contribution in [0.4, 0.5) is 0 Å². The first-order valence-electron chi connectivity index (χ1n) is 18.9. The molecule has 9 unspecified atom stereocenters. The Morgan fingerprint density at radius 2 is 1.75 bits per heavy atom. The zero-order chi connectivity index (χ0) is 37.4. The van der Waals surface area contributed by atoms with Crippen LogP contribution < -0.4 is 0 Å². The molecule has 1 aromatic carbocycles. The van der Waals surface area contributed by atoms with E-state index in [1.165, 1.54) is 0 Å². The van der Waals surface area contributed by atoms with Crippen molar-refractivity contribution in [2.24, 2.45) is 16.7 Å². The molecule has 2 aliphatic heterocycles. The Balaban J connectivity index is 1.82. The number of rotatable bonds is 13. The number of fused-ring (bicyclic) bond motifs is 5. The van der Waals surface area contributed by atoms with Gasteiger partial charge in [-0.25, -0.2) is 4.79 Å². The normalized spacial score (nSPS) is 35.8. The minimum atomic E-state index is -2.29. The first-order chi connectivity index (χ1) is 24.2. The van der Waals surface area contributed by atoms with Crippen molar-refractivity contribution < 1.29 is 47.9 Å².